The highest BCUT2D eigenvalue weighted by Crippen LogP contribution is 2.45. The number of benzene rings is 3. The number of nitrogens with zero attached hydrogens (tertiary/aromatic N) is 1. The van der Waals surface area contributed by atoms with E-state index >= 15 is 0 Å². The van der Waals surface area contributed by atoms with Crippen LogP contribution in [0.3, 0.4) is 0 Å². The van der Waals surface area contributed by atoms with Crippen molar-refractivity contribution >= 4 is 17.3 Å². The Bertz CT molecular complexity index is 1180. The molecule has 0 aliphatic heterocycles. The summed E-state index contributed by atoms with van der Waals surface area (Å²) in [5.41, 5.74) is 12.4. The van der Waals surface area contributed by atoms with Gasteiger partial charge in [-0.25, -0.2) is 5.84 Å². The van der Waals surface area contributed by atoms with Crippen LogP contribution in [-0.2, 0) is 22.7 Å². The van der Waals surface area contributed by atoms with Crippen molar-refractivity contribution in [1.29, 1.82) is 0 Å². The van der Waals surface area contributed by atoms with Gasteiger partial charge in [-0.2, -0.15) is 0 Å². The molecule has 0 fully saturated rings. The standard InChI is InChI=1S/C29H37N3O3/c1-6-32(31)25-15-14-24(20(3)27(25)30)26(22-13-12-19(2)23(16-22)17-33)29(4,5)28(34)35-18-21-10-8-7-9-11-21/h7-16,26,33H,6,17-18,30-31H2,1-5H3. The molecule has 6 heteroatoms. The molecule has 3 rings (SSSR count). The Morgan fingerprint density at radius 2 is 1.77 bits per heavy atom. The minimum atomic E-state index is -0.928. The lowest BCUT2D eigenvalue weighted by Gasteiger charge is -2.35. The second-order valence-electron chi connectivity index (χ2n) is 9.56. The highest BCUT2D eigenvalue weighted by Gasteiger charge is 2.41. The summed E-state index contributed by atoms with van der Waals surface area (Å²) in [6, 6.07) is 19.5. The summed E-state index contributed by atoms with van der Waals surface area (Å²) in [7, 11) is 0. The van der Waals surface area contributed by atoms with E-state index in [1.54, 1.807) is 5.01 Å². The van der Waals surface area contributed by atoms with E-state index in [4.69, 9.17) is 16.3 Å². The van der Waals surface area contributed by atoms with Gasteiger partial charge in [-0.15, -0.1) is 0 Å². The molecule has 0 bridgehead atoms. The van der Waals surface area contributed by atoms with Crippen LogP contribution in [0, 0.1) is 19.3 Å². The molecule has 0 aliphatic rings. The second-order valence-corrected chi connectivity index (χ2v) is 9.56. The van der Waals surface area contributed by atoms with Gasteiger partial charge in [0.15, 0.2) is 0 Å². The Kier molecular flexibility index (Phi) is 8.20. The third-order valence-corrected chi connectivity index (χ3v) is 6.83. The third-order valence-electron chi connectivity index (χ3n) is 6.83. The van der Waals surface area contributed by atoms with Crippen LogP contribution in [0.1, 0.15) is 60.1 Å². The molecule has 6 nitrogen and oxygen atoms in total. The first-order chi connectivity index (χ1) is 16.6. The highest BCUT2D eigenvalue weighted by atomic mass is 16.5. The Balaban J connectivity index is 2.10. The van der Waals surface area contributed by atoms with Crippen LogP contribution in [0.5, 0.6) is 0 Å². The van der Waals surface area contributed by atoms with Gasteiger partial charge in [0.25, 0.3) is 0 Å². The number of aliphatic hydroxyl groups excluding tert-OH is 1. The van der Waals surface area contributed by atoms with Crippen LogP contribution in [-0.4, -0.2) is 17.6 Å². The summed E-state index contributed by atoms with van der Waals surface area (Å²) in [6.45, 7) is 10.4. The van der Waals surface area contributed by atoms with Gasteiger partial charge in [-0.1, -0.05) is 54.6 Å². The summed E-state index contributed by atoms with van der Waals surface area (Å²) in [6.07, 6.45) is 0. The average Bonchev–Trinajstić information content (AvgIpc) is 2.86. The summed E-state index contributed by atoms with van der Waals surface area (Å²) < 4.78 is 5.80. The Morgan fingerprint density at radius 3 is 2.40 bits per heavy atom. The second kappa shape index (κ2) is 10.9. The number of hydrazine groups is 1. The molecule has 3 aromatic carbocycles. The lowest BCUT2D eigenvalue weighted by Crippen LogP contribution is -2.35. The number of carbonyl (C=O) groups is 1. The van der Waals surface area contributed by atoms with Crippen molar-refractivity contribution in [2.75, 3.05) is 17.3 Å². The molecule has 0 aromatic heterocycles. The van der Waals surface area contributed by atoms with E-state index in [2.05, 4.69) is 0 Å². The molecule has 3 aromatic rings. The molecule has 186 valence electrons. The molecule has 0 aliphatic carbocycles. The van der Waals surface area contributed by atoms with Gasteiger partial charge < -0.3 is 20.6 Å². The van der Waals surface area contributed by atoms with Crippen molar-refractivity contribution in [3.05, 3.63) is 94.0 Å². The van der Waals surface area contributed by atoms with Crippen LogP contribution in [0.15, 0.2) is 60.7 Å². The van der Waals surface area contributed by atoms with E-state index in [9.17, 15) is 9.90 Å². The van der Waals surface area contributed by atoms with Crippen LogP contribution in [0.25, 0.3) is 0 Å². The first-order valence-electron chi connectivity index (χ1n) is 11.9. The molecule has 0 radical (unpaired) electrons. The van der Waals surface area contributed by atoms with Crippen LogP contribution < -0.4 is 16.6 Å². The van der Waals surface area contributed by atoms with E-state index in [0.29, 0.717) is 12.2 Å². The Hall–Kier alpha value is -3.35. The van der Waals surface area contributed by atoms with Gasteiger partial charge in [0, 0.05) is 12.5 Å². The number of hydrogen-bond donors (Lipinski definition) is 3. The maximum absolute atomic E-state index is 13.5. The zero-order valence-electron chi connectivity index (χ0n) is 21.3. The number of anilines is 2. The van der Waals surface area contributed by atoms with Crippen molar-refractivity contribution in [2.24, 2.45) is 11.3 Å². The number of aliphatic hydroxyl groups is 1. The largest absolute Gasteiger partial charge is 0.460 e. The van der Waals surface area contributed by atoms with E-state index in [0.717, 1.165) is 39.1 Å². The Morgan fingerprint density at radius 1 is 1.09 bits per heavy atom. The number of nitrogen functional groups attached to an aromatic ring is 1. The molecule has 5 N–H and O–H groups in total. The molecule has 1 atom stereocenters. The monoisotopic (exact) mass is 475 g/mol. The fraction of sp³-hybridized carbons (Fsp3) is 0.345. The summed E-state index contributed by atoms with van der Waals surface area (Å²) in [5.74, 6) is 5.46. The number of hydrogen-bond acceptors (Lipinski definition) is 6. The van der Waals surface area contributed by atoms with E-state index < -0.39 is 5.41 Å². The molecular formula is C29H37N3O3. The average molecular weight is 476 g/mol. The van der Waals surface area contributed by atoms with Gasteiger partial charge >= 0.3 is 5.97 Å². The van der Waals surface area contributed by atoms with Crippen molar-refractivity contribution in [3.8, 4) is 0 Å². The minimum Gasteiger partial charge on any atom is -0.460 e. The number of rotatable bonds is 9. The van der Waals surface area contributed by atoms with Gasteiger partial charge in [0.2, 0.25) is 0 Å². The van der Waals surface area contributed by atoms with Gasteiger partial charge in [-0.3, -0.25) is 4.79 Å². The first-order valence-corrected chi connectivity index (χ1v) is 11.9. The van der Waals surface area contributed by atoms with E-state index in [-0.39, 0.29) is 25.1 Å². The maximum atomic E-state index is 13.5. The predicted octanol–water partition coefficient (Wildman–Crippen LogP) is 4.98. The number of nitrogens with two attached hydrogens (primary N) is 2. The minimum absolute atomic E-state index is 0.0794. The van der Waals surface area contributed by atoms with Gasteiger partial charge in [0.1, 0.15) is 6.61 Å². The number of aryl methyl sites for hydroxylation is 1. The summed E-state index contributed by atoms with van der Waals surface area (Å²) >= 11 is 0. The zero-order valence-corrected chi connectivity index (χ0v) is 21.3. The predicted molar refractivity (Wildman–Crippen MR) is 142 cm³/mol. The quantitative estimate of drug-likeness (QED) is 0.175. The third kappa shape index (κ3) is 5.50. The summed E-state index contributed by atoms with van der Waals surface area (Å²) in [4.78, 5) is 13.5. The molecular weight excluding hydrogens is 438 g/mol. The fourth-order valence-corrected chi connectivity index (χ4v) is 4.52. The summed E-state index contributed by atoms with van der Waals surface area (Å²) in [5, 5.41) is 11.5. The van der Waals surface area contributed by atoms with Crippen molar-refractivity contribution in [2.45, 2.75) is 53.8 Å². The maximum Gasteiger partial charge on any atom is 0.312 e. The Labute approximate surface area is 208 Å². The SMILES string of the molecule is CCN(N)c1ccc(C(c2ccc(C)c(CO)c2)C(C)(C)C(=O)OCc2ccccc2)c(C)c1N. The molecule has 0 saturated heterocycles. The number of esters is 1. The molecule has 0 amide bonds. The van der Waals surface area contributed by atoms with Gasteiger partial charge in [0.05, 0.1) is 23.4 Å². The topological polar surface area (TPSA) is 102 Å². The molecule has 0 spiro atoms. The molecule has 0 saturated carbocycles. The molecule has 35 heavy (non-hydrogen) atoms. The smallest absolute Gasteiger partial charge is 0.312 e. The lowest BCUT2D eigenvalue weighted by molar-refractivity contribution is -0.156. The van der Waals surface area contributed by atoms with E-state index in [1.807, 2.05) is 95.3 Å². The molecule has 0 heterocycles. The van der Waals surface area contributed by atoms with Gasteiger partial charge in [-0.05, 0) is 74.1 Å². The first kappa shape index (κ1) is 26.3. The number of carbonyl (C=O) groups excluding carboxylic acids is 1. The van der Waals surface area contributed by atoms with Crippen molar-refractivity contribution in [1.82, 2.24) is 0 Å². The molecule has 1 unspecified atom stereocenters. The number of ether oxygens (including phenoxy) is 1. The van der Waals surface area contributed by atoms with Crippen LogP contribution in [0.4, 0.5) is 11.4 Å². The highest BCUT2D eigenvalue weighted by molar-refractivity contribution is 5.80. The van der Waals surface area contributed by atoms with E-state index in [1.165, 1.54) is 0 Å². The van der Waals surface area contributed by atoms with Crippen molar-refractivity contribution in [3.63, 3.8) is 0 Å². The van der Waals surface area contributed by atoms with Crippen molar-refractivity contribution < 1.29 is 14.6 Å². The fourth-order valence-electron chi connectivity index (χ4n) is 4.52. The van der Waals surface area contributed by atoms with Crippen LogP contribution >= 0.6 is 0 Å². The van der Waals surface area contributed by atoms with Crippen LogP contribution in [0.2, 0.25) is 0 Å². The lowest BCUT2D eigenvalue weighted by atomic mass is 9.69. The normalized spacial score (nSPS) is 12.3. The zero-order chi connectivity index (χ0) is 25.8.